The van der Waals surface area contributed by atoms with Gasteiger partial charge in [0.15, 0.2) is 0 Å². The van der Waals surface area contributed by atoms with E-state index in [0.29, 0.717) is 38.2 Å². The van der Waals surface area contributed by atoms with E-state index in [4.69, 9.17) is 0 Å². The Morgan fingerprint density at radius 2 is 1.74 bits per heavy atom. The second-order valence-electron chi connectivity index (χ2n) is 7.58. The molecule has 5 heteroatoms. The van der Waals surface area contributed by atoms with Gasteiger partial charge in [0.2, 0.25) is 5.91 Å². The first-order valence-corrected chi connectivity index (χ1v) is 9.46. The van der Waals surface area contributed by atoms with Crippen LogP contribution in [0.15, 0.2) is 54.6 Å². The van der Waals surface area contributed by atoms with Crippen LogP contribution in [-0.4, -0.2) is 41.2 Å². The summed E-state index contributed by atoms with van der Waals surface area (Å²) in [7, 11) is 0. The number of piperidine rings is 1. The van der Waals surface area contributed by atoms with Gasteiger partial charge in [-0.25, -0.2) is 4.39 Å². The highest BCUT2D eigenvalue weighted by molar-refractivity contribution is 5.95. The van der Waals surface area contributed by atoms with Gasteiger partial charge < -0.3 is 9.80 Å². The first-order valence-electron chi connectivity index (χ1n) is 9.46. The lowest BCUT2D eigenvalue weighted by atomic mass is 9.78. The predicted molar refractivity (Wildman–Crippen MR) is 100 cm³/mol. The summed E-state index contributed by atoms with van der Waals surface area (Å²) in [6.07, 6.45) is 2.47. The molecule has 2 aliphatic heterocycles. The molecule has 140 valence electrons. The molecule has 0 aromatic heterocycles. The maximum absolute atomic E-state index is 13.2. The largest absolute Gasteiger partial charge is 0.338 e. The van der Waals surface area contributed by atoms with Crippen molar-refractivity contribution in [3.63, 3.8) is 0 Å². The standard InChI is InChI=1S/C22H23FN2O2/c23-19-9-7-17(8-10-19)15-24-13-4-11-22(21(24)27)12-14-25(16-22)20(26)18-5-2-1-3-6-18/h1-3,5-10H,4,11-16H2. The zero-order valence-electron chi connectivity index (χ0n) is 15.2. The van der Waals surface area contributed by atoms with Crippen LogP contribution in [0, 0.1) is 11.2 Å². The van der Waals surface area contributed by atoms with Crippen molar-refractivity contribution >= 4 is 11.8 Å². The molecule has 2 fully saturated rings. The van der Waals surface area contributed by atoms with Crippen LogP contribution in [0.1, 0.15) is 35.2 Å². The normalized spacial score (nSPS) is 22.5. The lowest BCUT2D eigenvalue weighted by Gasteiger charge is -2.39. The molecule has 1 spiro atoms. The second kappa shape index (κ2) is 7.14. The first-order chi connectivity index (χ1) is 13.1. The maximum atomic E-state index is 13.2. The molecule has 0 aliphatic carbocycles. The molecule has 2 aromatic rings. The van der Waals surface area contributed by atoms with E-state index in [9.17, 15) is 14.0 Å². The Labute approximate surface area is 158 Å². The number of nitrogens with zero attached hydrogens (tertiary/aromatic N) is 2. The van der Waals surface area contributed by atoms with Crippen molar-refractivity contribution in [3.05, 3.63) is 71.5 Å². The maximum Gasteiger partial charge on any atom is 0.253 e. The Balaban J connectivity index is 1.47. The van der Waals surface area contributed by atoms with Crippen LogP contribution >= 0.6 is 0 Å². The summed E-state index contributed by atoms with van der Waals surface area (Å²) in [6, 6.07) is 15.5. The van der Waals surface area contributed by atoms with Crippen LogP contribution in [0.3, 0.4) is 0 Å². The van der Waals surface area contributed by atoms with Gasteiger partial charge in [0.1, 0.15) is 5.82 Å². The number of hydrogen-bond acceptors (Lipinski definition) is 2. The third-order valence-electron chi connectivity index (χ3n) is 5.77. The summed E-state index contributed by atoms with van der Waals surface area (Å²) in [6.45, 7) is 2.31. The number of carbonyl (C=O) groups excluding carboxylic acids is 2. The summed E-state index contributed by atoms with van der Waals surface area (Å²) in [5.41, 5.74) is 1.13. The Bertz CT molecular complexity index is 837. The van der Waals surface area contributed by atoms with Crippen LogP contribution in [0.4, 0.5) is 4.39 Å². The average molecular weight is 366 g/mol. The van der Waals surface area contributed by atoms with Gasteiger partial charge in [-0.3, -0.25) is 9.59 Å². The van der Waals surface area contributed by atoms with Crippen molar-refractivity contribution in [2.24, 2.45) is 5.41 Å². The van der Waals surface area contributed by atoms with Gasteiger partial charge in [-0.15, -0.1) is 0 Å². The highest BCUT2D eigenvalue weighted by atomic mass is 19.1. The van der Waals surface area contributed by atoms with E-state index < -0.39 is 5.41 Å². The molecule has 1 unspecified atom stereocenters. The molecule has 1 atom stereocenters. The van der Waals surface area contributed by atoms with Crippen molar-refractivity contribution in [1.29, 1.82) is 0 Å². The van der Waals surface area contributed by atoms with Gasteiger partial charge in [-0.05, 0) is 49.1 Å². The fourth-order valence-electron chi connectivity index (χ4n) is 4.30. The summed E-state index contributed by atoms with van der Waals surface area (Å²) in [5.74, 6) is -0.150. The Kier molecular flexibility index (Phi) is 4.68. The van der Waals surface area contributed by atoms with E-state index in [1.807, 2.05) is 40.1 Å². The molecule has 2 saturated heterocycles. The minimum atomic E-state index is -0.470. The van der Waals surface area contributed by atoms with Crippen molar-refractivity contribution in [1.82, 2.24) is 9.80 Å². The van der Waals surface area contributed by atoms with E-state index in [1.54, 1.807) is 12.1 Å². The smallest absolute Gasteiger partial charge is 0.253 e. The number of rotatable bonds is 3. The van der Waals surface area contributed by atoms with Crippen LogP contribution in [0.25, 0.3) is 0 Å². The van der Waals surface area contributed by atoms with Crippen LogP contribution in [0.5, 0.6) is 0 Å². The molecular weight excluding hydrogens is 343 g/mol. The van der Waals surface area contributed by atoms with Crippen molar-refractivity contribution in [2.45, 2.75) is 25.8 Å². The molecule has 0 saturated carbocycles. The fourth-order valence-corrected chi connectivity index (χ4v) is 4.30. The SMILES string of the molecule is O=C(c1ccccc1)N1CCC2(CCCN(Cc3ccc(F)cc3)C2=O)C1. The molecule has 2 amide bonds. The average Bonchev–Trinajstić information content (AvgIpc) is 3.12. The van der Waals surface area contributed by atoms with Gasteiger partial charge in [-0.1, -0.05) is 30.3 Å². The molecule has 0 N–H and O–H groups in total. The van der Waals surface area contributed by atoms with Crippen LogP contribution < -0.4 is 0 Å². The molecule has 2 aromatic carbocycles. The predicted octanol–water partition coefficient (Wildman–Crippen LogP) is 3.48. The third kappa shape index (κ3) is 3.46. The summed E-state index contributed by atoms with van der Waals surface area (Å²) in [4.78, 5) is 29.7. The molecule has 2 aliphatic rings. The van der Waals surface area contributed by atoms with Gasteiger partial charge in [0.25, 0.3) is 5.91 Å². The highest BCUT2D eigenvalue weighted by Crippen LogP contribution is 2.40. The van der Waals surface area contributed by atoms with Gasteiger partial charge in [0, 0.05) is 31.7 Å². The van der Waals surface area contributed by atoms with Crippen molar-refractivity contribution in [3.8, 4) is 0 Å². The molecule has 0 bridgehead atoms. The molecule has 0 radical (unpaired) electrons. The molecule has 4 rings (SSSR count). The number of halogens is 1. The number of benzene rings is 2. The first kappa shape index (κ1) is 17.7. The Hall–Kier alpha value is -2.69. The van der Waals surface area contributed by atoms with Gasteiger partial charge in [-0.2, -0.15) is 0 Å². The summed E-state index contributed by atoms with van der Waals surface area (Å²) in [5, 5.41) is 0. The minimum Gasteiger partial charge on any atom is -0.338 e. The zero-order chi connectivity index (χ0) is 18.9. The number of hydrogen-bond donors (Lipinski definition) is 0. The minimum absolute atomic E-state index is 0.00377. The summed E-state index contributed by atoms with van der Waals surface area (Å²) >= 11 is 0. The van der Waals surface area contributed by atoms with E-state index in [-0.39, 0.29) is 17.6 Å². The Morgan fingerprint density at radius 3 is 2.48 bits per heavy atom. The van der Waals surface area contributed by atoms with Crippen molar-refractivity contribution in [2.75, 3.05) is 19.6 Å². The second-order valence-corrected chi connectivity index (χ2v) is 7.58. The molecule has 27 heavy (non-hydrogen) atoms. The topological polar surface area (TPSA) is 40.6 Å². The van der Waals surface area contributed by atoms with Gasteiger partial charge in [0.05, 0.1) is 5.41 Å². The third-order valence-corrected chi connectivity index (χ3v) is 5.77. The lowest BCUT2D eigenvalue weighted by molar-refractivity contribution is -0.146. The molecule has 4 nitrogen and oxygen atoms in total. The Morgan fingerprint density at radius 1 is 1.00 bits per heavy atom. The van der Waals surface area contributed by atoms with E-state index in [0.717, 1.165) is 18.4 Å². The summed E-state index contributed by atoms with van der Waals surface area (Å²) < 4.78 is 13.1. The van der Waals surface area contributed by atoms with Crippen molar-refractivity contribution < 1.29 is 14.0 Å². The quantitative estimate of drug-likeness (QED) is 0.834. The highest BCUT2D eigenvalue weighted by Gasteiger charge is 2.49. The van der Waals surface area contributed by atoms with Crippen LogP contribution in [-0.2, 0) is 11.3 Å². The zero-order valence-corrected chi connectivity index (χ0v) is 15.2. The number of carbonyl (C=O) groups is 2. The van der Waals surface area contributed by atoms with E-state index in [1.165, 1.54) is 12.1 Å². The fraction of sp³-hybridized carbons (Fsp3) is 0.364. The molecule has 2 heterocycles. The number of likely N-dealkylation sites (tertiary alicyclic amines) is 2. The van der Waals surface area contributed by atoms with Gasteiger partial charge >= 0.3 is 0 Å². The molecular formula is C22H23FN2O2. The van der Waals surface area contributed by atoms with Crippen LogP contribution in [0.2, 0.25) is 0 Å². The number of amides is 2. The monoisotopic (exact) mass is 366 g/mol. The lowest BCUT2D eigenvalue weighted by Crippen LogP contribution is -2.50. The van der Waals surface area contributed by atoms with E-state index in [2.05, 4.69) is 0 Å². The van der Waals surface area contributed by atoms with E-state index >= 15 is 0 Å².